The lowest BCUT2D eigenvalue weighted by Gasteiger charge is -2.08. The van der Waals surface area contributed by atoms with E-state index in [1.54, 1.807) is 0 Å². The van der Waals surface area contributed by atoms with Crippen molar-refractivity contribution in [3.63, 3.8) is 0 Å². The van der Waals surface area contributed by atoms with Crippen molar-refractivity contribution in [2.45, 2.75) is 13.5 Å². The van der Waals surface area contributed by atoms with E-state index in [1.165, 1.54) is 0 Å². The molecule has 102 valence electrons. The van der Waals surface area contributed by atoms with E-state index < -0.39 is 0 Å². The molecule has 5 heteroatoms. The highest BCUT2D eigenvalue weighted by Gasteiger charge is 2.03. The van der Waals surface area contributed by atoms with Crippen molar-refractivity contribution in [3.05, 3.63) is 57.3 Å². The summed E-state index contributed by atoms with van der Waals surface area (Å²) < 4.78 is 1.01. The Kier molecular flexibility index (Phi) is 3.68. The van der Waals surface area contributed by atoms with Crippen molar-refractivity contribution >= 4 is 44.3 Å². The second-order valence-corrected chi connectivity index (χ2v) is 5.93. The number of aromatic nitrogens is 2. The molecule has 3 nitrogen and oxygen atoms in total. The lowest BCUT2D eigenvalue weighted by Crippen LogP contribution is -2.00. The summed E-state index contributed by atoms with van der Waals surface area (Å²) in [6, 6.07) is 11.9. The number of rotatable bonds is 3. The van der Waals surface area contributed by atoms with Gasteiger partial charge < -0.3 is 10.3 Å². The number of H-pyrrole nitrogens is 1. The molecule has 0 aliphatic rings. The summed E-state index contributed by atoms with van der Waals surface area (Å²) in [7, 11) is 0. The third-order valence-corrected chi connectivity index (χ3v) is 4.07. The fourth-order valence-corrected chi connectivity index (χ4v) is 2.93. The molecular weight excluding hydrogens is 338 g/mol. The second kappa shape index (κ2) is 5.46. The van der Waals surface area contributed by atoms with Gasteiger partial charge in [-0.15, -0.1) is 0 Å². The van der Waals surface area contributed by atoms with Crippen molar-refractivity contribution in [1.29, 1.82) is 0 Å². The Morgan fingerprint density at radius 1 is 1.25 bits per heavy atom. The van der Waals surface area contributed by atoms with Crippen LogP contribution in [-0.2, 0) is 6.54 Å². The molecule has 20 heavy (non-hydrogen) atoms. The van der Waals surface area contributed by atoms with E-state index in [9.17, 15) is 0 Å². The number of aromatic amines is 1. The van der Waals surface area contributed by atoms with Gasteiger partial charge in [-0.2, -0.15) is 0 Å². The summed E-state index contributed by atoms with van der Waals surface area (Å²) >= 11 is 9.46. The van der Waals surface area contributed by atoms with Crippen LogP contribution in [0, 0.1) is 6.92 Å². The van der Waals surface area contributed by atoms with Crippen molar-refractivity contribution in [2.24, 2.45) is 0 Å². The molecule has 0 amide bonds. The highest BCUT2D eigenvalue weighted by atomic mass is 79.9. The van der Waals surface area contributed by atoms with Crippen LogP contribution in [0.25, 0.3) is 11.0 Å². The summed E-state index contributed by atoms with van der Waals surface area (Å²) in [5.74, 6) is 0.928. The molecule has 0 aliphatic heterocycles. The first-order valence-corrected chi connectivity index (χ1v) is 7.43. The van der Waals surface area contributed by atoms with Crippen LogP contribution in [0.3, 0.4) is 0 Å². The fourth-order valence-electron chi connectivity index (χ4n) is 2.11. The molecule has 0 aliphatic carbocycles. The molecule has 0 saturated carbocycles. The van der Waals surface area contributed by atoms with Crippen molar-refractivity contribution in [2.75, 3.05) is 5.32 Å². The lowest BCUT2D eigenvalue weighted by atomic mass is 10.2. The van der Waals surface area contributed by atoms with Gasteiger partial charge in [0.1, 0.15) is 5.82 Å². The van der Waals surface area contributed by atoms with Gasteiger partial charge in [0.2, 0.25) is 0 Å². The van der Waals surface area contributed by atoms with Crippen LogP contribution in [0.4, 0.5) is 5.69 Å². The highest BCUT2D eigenvalue weighted by Crippen LogP contribution is 2.23. The number of anilines is 1. The molecular formula is C15H13BrClN3. The van der Waals surface area contributed by atoms with E-state index in [1.807, 2.05) is 37.3 Å². The highest BCUT2D eigenvalue weighted by molar-refractivity contribution is 9.10. The molecule has 0 bridgehead atoms. The topological polar surface area (TPSA) is 40.7 Å². The molecule has 0 radical (unpaired) electrons. The van der Waals surface area contributed by atoms with E-state index >= 15 is 0 Å². The number of nitrogens with zero attached hydrogens (tertiary/aromatic N) is 1. The number of hydrogen-bond donors (Lipinski definition) is 2. The minimum Gasteiger partial charge on any atom is -0.381 e. The number of halogens is 2. The third kappa shape index (κ3) is 2.81. The summed E-state index contributed by atoms with van der Waals surface area (Å²) in [6.45, 7) is 2.69. The molecule has 0 unspecified atom stereocenters. The van der Waals surface area contributed by atoms with E-state index in [2.05, 4.69) is 37.3 Å². The first-order chi connectivity index (χ1) is 9.61. The molecule has 0 fully saturated rings. The van der Waals surface area contributed by atoms with Gasteiger partial charge in [0, 0.05) is 21.7 Å². The molecule has 1 heterocycles. The van der Waals surface area contributed by atoms with Crippen LogP contribution in [0.1, 0.15) is 11.4 Å². The van der Waals surface area contributed by atoms with Crippen molar-refractivity contribution in [3.8, 4) is 0 Å². The molecule has 3 rings (SSSR count). The van der Waals surface area contributed by atoms with Crippen LogP contribution in [0.2, 0.25) is 5.02 Å². The minimum absolute atomic E-state index is 0.731. The Bertz CT molecular complexity index is 767. The van der Waals surface area contributed by atoms with Gasteiger partial charge in [-0.3, -0.25) is 0 Å². The zero-order valence-corrected chi connectivity index (χ0v) is 13.2. The summed E-state index contributed by atoms with van der Waals surface area (Å²) in [5, 5.41) is 4.13. The zero-order chi connectivity index (χ0) is 14.1. The number of hydrogen-bond acceptors (Lipinski definition) is 2. The summed E-state index contributed by atoms with van der Waals surface area (Å²) in [5.41, 5.74) is 4.25. The molecule has 2 N–H and O–H groups in total. The number of nitrogens with one attached hydrogen (secondary N) is 2. The summed E-state index contributed by atoms with van der Waals surface area (Å²) in [6.07, 6.45) is 0. The Morgan fingerprint density at radius 3 is 2.90 bits per heavy atom. The standard InChI is InChI=1S/C15H13BrClN3/c1-9-19-14-5-4-12(7-15(14)20-9)18-8-10-2-3-11(17)6-13(10)16/h2-7,18H,8H2,1H3,(H,19,20). The second-order valence-electron chi connectivity index (χ2n) is 4.64. The average Bonchev–Trinajstić information content (AvgIpc) is 2.77. The van der Waals surface area contributed by atoms with Crippen LogP contribution >= 0.6 is 27.5 Å². The number of aryl methyl sites for hydroxylation is 1. The van der Waals surface area contributed by atoms with E-state index in [0.717, 1.165) is 44.1 Å². The summed E-state index contributed by atoms with van der Waals surface area (Å²) in [4.78, 5) is 7.63. The number of fused-ring (bicyclic) bond motifs is 1. The smallest absolute Gasteiger partial charge is 0.104 e. The Labute approximate surface area is 130 Å². The Hall–Kier alpha value is -1.52. The van der Waals surface area contributed by atoms with Gasteiger partial charge >= 0.3 is 0 Å². The molecule has 2 aromatic carbocycles. The Balaban J connectivity index is 1.79. The molecule has 0 saturated heterocycles. The van der Waals surface area contributed by atoms with Crippen molar-refractivity contribution < 1.29 is 0 Å². The van der Waals surface area contributed by atoms with Crippen molar-refractivity contribution in [1.82, 2.24) is 9.97 Å². The molecule has 1 aromatic heterocycles. The van der Waals surface area contributed by atoms with Crippen LogP contribution in [0.5, 0.6) is 0 Å². The number of benzene rings is 2. The van der Waals surface area contributed by atoms with Gasteiger partial charge in [0.15, 0.2) is 0 Å². The predicted octanol–water partition coefficient (Wildman–Crippen LogP) is 4.90. The van der Waals surface area contributed by atoms with E-state index in [-0.39, 0.29) is 0 Å². The normalized spacial score (nSPS) is 10.9. The fraction of sp³-hybridized carbons (Fsp3) is 0.133. The van der Waals surface area contributed by atoms with Crippen LogP contribution < -0.4 is 5.32 Å². The van der Waals surface area contributed by atoms with Crippen LogP contribution in [0.15, 0.2) is 40.9 Å². The monoisotopic (exact) mass is 349 g/mol. The maximum atomic E-state index is 5.94. The maximum Gasteiger partial charge on any atom is 0.104 e. The SMILES string of the molecule is Cc1nc2ccc(NCc3ccc(Cl)cc3Br)cc2[nH]1. The number of imidazole rings is 1. The first-order valence-electron chi connectivity index (χ1n) is 6.26. The maximum absolute atomic E-state index is 5.94. The van der Waals surface area contributed by atoms with Gasteiger partial charge in [-0.1, -0.05) is 33.6 Å². The van der Waals surface area contributed by atoms with Gasteiger partial charge in [0.05, 0.1) is 11.0 Å². The molecule has 3 aromatic rings. The largest absolute Gasteiger partial charge is 0.381 e. The molecule has 0 spiro atoms. The van der Waals surface area contributed by atoms with Gasteiger partial charge in [0.25, 0.3) is 0 Å². The minimum atomic E-state index is 0.731. The Morgan fingerprint density at radius 2 is 2.10 bits per heavy atom. The van der Waals surface area contributed by atoms with Crippen LogP contribution in [-0.4, -0.2) is 9.97 Å². The van der Waals surface area contributed by atoms with Gasteiger partial charge in [-0.05, 0) is 42.8 Å². The van der Waals surface area contributed by atoms with Gasteiger partial charge in [-0.25, -0.2) is 4.98 Å². The van der Waals surface area contributed by atoms with E-state index in [4.69, 9.17) is 11.6 Å². The average molecular weight is 351 g/mol. The quantitative estimate of drug-likeness (QED) is 0.705. The first kappa shape index (κ1) is 13.5. The lowest BCUT2D eigenvalue weighted by molar-refractivity contribution is 1.14. The zero-order valence-electron chi connectivity index (χ0n) is 10.9. The predicted molar refractivity (Wildman–Crippen MR) is 87.3 cm³/mol. The third-order valence-electron chi connectivity index (χ3n) is 3.10. The molecule has 0 atom stereocenters. The van der Waals surface area contributed by atoms with E-state index in [0.29, 0.717) is 0 Å².